The van der Waals surface area contributed by atoms with E-state index < -0.39 is 11.8 Å². The normalized spacial score (nSPS) is 14.5. The first kappa shape index (κ1) is 27.1. The van der Waals surface area contributed by atoms with E-state index in [1.807, 2.05) is 42.5 Å². The number of benzene rings is 3. The van der Waals surface area contributed by atoms with Crippen LogP contribution in [0.3, 0.4) is 0 Å². The molecule has 0 aliphatic carbocycles. The molecule has 0 atom stereocenters. The minimum Gasteiger partial charge on any atom is -0.457 e. The molecule has 6 nitrogen and oxygen atoms in total. The van der Waals surface area contributed by atoms with Crippen molar-refractivity contribution >= 4 is 46.6 Å². The molecule has 0 bridgehead atoms. The van der Waals surface area contributed by atoms with Crippen LogP contribution < -0.4 is 19.9 Å². The van der Waals surface area contributed by atoms with Crippen LogP contribution in [0.5, 0.6) is 11.5 Å². The zero-order valence-electron chi connectivity index (χ0n) is 21.9. The molecule has 3 aromatic carbocycles. The molecule has 3 aromatic rings. The quantitative estimate of drug-likeness (QED) is 0.170. The third-order valence-corrected chi connectivity index (χ3v) is 6.59. The van der Waals surface area contributed by atoms with Crippen LogP contribution in [-0.4, -0.2) is 30.0 Å². The number of rotatable bonds is 11. The molecule has 38 heavy (non-hydrogen) atoms. The molecule has 0 spiro atoms. The summed E-state index contributed by atoms with van der Waals surface area (Å²) in [5.74, 6) is 0.373. The number of amides is 2. The average Bonchev–Trinajstić information content (AvgIpc) is 2.93. The van der Waals surface area contributed by atoms with Gasteiger partial charge in [0, 0.05) is 18.8 Å². The number of ether oxygens (including phenoxy) is 1. The number of hydrogen-bond donors (Lipinski definition) is 1. The van der Waals surface area contributed by atoms with Gasteiger partial charge in [0.05, 0.1) is 5.69 Å². The van der Waals surface area contributed by atoms with Gasteiger partial charge in [0.15, 0.2) is 5.11 Å². The molecular formula is C31H33N3O3S. The summed E-state index contributed by atoms with van der Waals surface area (Å²) >= 11 is 5.34. The van der Waals surface area contributed by atoms with Crippen LogP contribution in [0.4, 0.5) is 11.4 Å². The van der Waals surface area contributed by atoms with Gasteiger partial charge in [-0.3, -0.25) is 19.8 Å². The average molecular weight is 528 g/mol. The van der Waals surface area contributed by atoms with Crippen LogP contribution in [0, 0.1) is 0 Å². The molecule has 4 rings (SSSR count). The third kappa shape index (κ3) is 6.66. The summed E-state index contributed by atoms with van der Waals surface area (Å²) < 4.78 is 5.84. The second kappa shape index (κ2) is 13.0. The number of carbonyl (C=O) groups is 2. The van der Waals surface area contributed by atoms with Crippen molar-refractivity contribution in [3.63, 3.8) is 0 Å². The highest BCUT2D eigenvalue weighted by Gasteiger charge is 2.34. The van der Waals surface area contributed by atoms with Crippen molar-refractivity contribution < 1.29 is 14.3 Å². The van der Waals surface area contributed by atoms with E-state index in [1.54, 1.807) is 30.3 Å². The highest BCUT2D eigenvalue weighted by Crippen LogP contribution is 2.27. The Kier molecular flexibility index (Phi) is 9.27. The van der Waals surface area contributed by atoms with Gasteiger partial charge in [0.2, 0.25) is 0 Å². The number of para-hydroxylation sites is 1. The van der Waals surface area contributed by atoms with Gasteiger partial charge in [0.25, 0.3) is 11.8 Å². The lowest BCUT2D eigenvalue weighted by Crippen LogP contribution is -2.54. The predicted octanol–water partition coefficient (Wildman–Crippen LogP) is 6.72. The Balaban J connectivity index is 1.52. The van der Waals surface area contributed by atoms with Crippen molar-refractivity contribution in [2.75, 3.05) is 22.9 Å². The van der Waals surface area contributed by atoms with Gasteiger partial charge in [-0.1, -0.05) is 57.0 Å². The van der Waals surface area contributed by atoms with Crippen molar-refractivity contribution in [2.24, 2.45) is 0 Å². The monoisotopic (exact) mass is 527 g/mol. The molecule has 1 aliphatic heterocycles. The lowest BCUT2D eigenvalue weighted by Gasteiger charge is -2.29. The van der Waals surface area contributed by atoms with E-state index in [1.165, 1.54) is 4.90 Å². The van der Waals surface area contributed by atoms with Crippen molar-refractivity contribution in [2.45, 2.75) is 39.5 Å². The summed E-state index contributed by atoms with van der Waals surface area (Å²) in [6.07, 6.45) is 6.18. The fourth-order valence-electron chi connectivity index (χ4n) is 4.20. The van der Waals surface area contributed by atoms with Gasteiger partial charge in [-0.05, 0) is 85.2 Å². The highest BCUT2D eigenvalue weighted by atomic mass is 32.1. The van der Waals surface area contributed by atoms with E-state index in [2.05, 4.69) is 36.2 Å². The molecule has 1 N–H and O–H groups in total. The van der Waals surface area contributed by atoms with E-state index in [4.69, 9.17) is 17.0 Å². The van der Waals surface area contributed by atoms with Gasteiger partial charge in [-0.2, -0.15) is 0 Å². The van der Waals surface area contributed by atoms with Crippen LogP contribution in [-0.2, 0) is 9.59 Å². The summed E-state index contributed by atoms with van der Waals surface area (Å²) in [6.45, 7) is 6.42. The Morgan fingerprint density at radius 3 is 2.05 bits per heavy atom. The zero-order chi connectivity index (χ0) is 26.9. The first-order valence-corrected chi connectivity index (χ1v) is 13.5. The van der Waals surface area contributed by atoms with Crippen molar-refractivity contribution in [3.8, 4) is 11.5 Å². The standard InChI is InChI=1S/C31H33N3O3S/c1-3-5-20-33(21-6-4-2)24-14-12-23(13-15-24)22-28-29(35)32-31(38)34(30(28)36)25-16-18-27(19-17-25)37-26-10-8-7-9-11-26/h7-19,22H,3-6,20-21H2,1-2H3,(H,32,35,38). The van der Waals surface area contributed by atoms with E-state index in [0.717, 1.165) is 50.0 Å². The second-order valence-corrected chi connectivity index (χ2v) is 9.54. The van der Waals surface area contributed by atoms with E-state index in [-0.39, 0.29) is 10.7 Å². The number of thiocarbonyl (C=S) groups is 1. The largest absolute Gasteiger partial charge is 0.457 e. The summed E-state index contributed by atoms with van der Waals surface area (Å²) in [4.78, 5) is 29.9. The Bertz CT molecular complexity index is 1280. The molecule has 0 aromatic heterocycles. The summed E-state index contributed by atoms with van der Waals surface area (Å²) in [6, 6.07) is 24.5. The van der Waals surface area contributed by atoms with Crippen LogP contribution >= 0.6 is 12.2 Å². The Hall–Kier alpha value is -3.97. The molecule has 0 saturated carbocycles. The Morgan fingerprint density at radius 1 is 0.842 bits per heavy atom. The molecular weight excluding hydrogens is 494 g/mol. The maximum Gasteiger partial charge on any atom is 0.270 e. The number of carbonyl (C=O) groups excluding carboxylic acids is 2. The zero-order valence-corrected chi connectivity index (χ0v) is 22.7. The van der Waals surface area contributed by atoms with Gasteiger partial charge < -0.3 is 9.64 Å². The lowest BCUT2D eigenvalue weighted by molar-refractivity contribution is -0.122. The predicted molar refractivity (Wildman–Crippen MR) is 158 cm³/mol. The molecule has 2 amide bonds. The number of unbranched alkanes of at least 4 members (excludes halogenated alkanes) is 2. The number of nitrogens with one attached hydrogen (secondary N) is 1. The fourth-order valence-corrected chi connectivity index (χ4v) is 4.48. The Labute approximate surface area is 229 Å². The molecule has 1 saturated heterocycles. The highest BCUT2D eigenvalue weighted by molar-refractivity contribution is 7.80. The first-order chi connectivity index (χ1) is 18.5. The van der Waals surface area contributed by atoms with Gasteiger partial charge in [-0.25, -0.2) is 0 Å². The van der Waals surface area contributed by atoms with Crippen LogP contribution in [0.15, 0.2) is 84.4 Å². The molecule has 7 heteroatoms. The molecule has 1 fully saturated rings. The SMILES string of the molecule is CCCCN(CCCC)c1ccc(C=C2C(=O)NC(=S)N(c3ccc(Oc4ccccc4)cc3)C2=O)cc1. The van der Waals surface area contributed by atoms with Crippen LogP contribution in [0.25, 0.3) is 6.08 Å². The topological polar surface area (TPSA) is 61.9 Å². The van der Waals surface area contributed by atoms with E-state index in [9.17, 15) is 9.59 Å². The van der Waals surface area contributed by atoms with Crippen LogP contribution in [0.2, 0.25) is 0 Å². The molecule has 0 radical (unpaired) electrons. The van der Waals surface area contributed by atoms with E-state index >= 15 is 0 Å². The molecule has 196 valence electrons. The molecule has 1 heterocycles. The van der Waals surface area contributed by atoms with Crippen molar-refractivity contribution in [3.05, 3.63) is 90.0 Å². The maximum absolute atomic E-state index is 13.4. The van der Waals surface area contributed by atoms with Gasteiger partial charge in [-0.15, -0.1) is 0 Å². The number of anilines is 2. The maximum atomic E-state index is 13.4. The Morgan fingerprint density at radius 2 is 1.45 bits per heavy atom. The summed E-state index contributed by atoms with van der Waals surface area (Å²) in [5.41, 5.74) is 2.50. The first-order valence-electron chi connectivity index (χ1n) is 13.1. The van der Waals surface area contributed by atoms with Gasteiger partial charge in [0.1, 0.15) is 17.1 Å². The van der Waals surface area contributed by atoms with Crippen LogP contribution in [0.1, 0.15) is 45.1 Å². The minimum absolute atomic E-state index is 0.0322. The third-order valence-electron chi connectivity index (χ3n) is 6.31. The summed E-state index contributed by atoms with van der Waals surface area (Å²) in [7, 11) is 0. The van der Waals surface area contributed by atoms with E-state index in [0.29, 0.717) is 17.2 Å². The van der Waals surface area contributed by atoms with Gasteiger partial charge >= 0.3 is 0 Å². The summed E-state index contributed by atoms with van der Waals surface area (Å²) in [5, 5.41) is 2.70. The second-order valence-electron chi connectivity index (χ2n) is 9.15. The number of nitrogens with zero attached hydrogens (tertiary/aromatic N) is 2. The van der Waals surface area contributed by atoms with Crippen molar-refractivity contribution in [1.82, 2.24) is 5.32 Å². The fraction of sp³-hybridized carbons (Fsp3) is 0.258. The number of hydrogen-bond acceptors (Lipinski definition) is 5. The smallest absolute Gasteiger partial charge is 0.270 e. The van der Waals surface area contributed by atoms with Crippen molar-refractivity contribution in [1.29, 1.82) is 0 Å². The minimum atomic E-state index is -0.503. The molecule has 1 aliphatic rings. The molecule has 0 unspecified atom stereocenters. The lowest BCUT2D eigenvalue weighted by atomic mass is 10.1.